The van der Waals surface area contributed by atoms with Crippen LogP contribution in [0.2, 0.25) is 0 Å². The summed E-state index contributed by atoms with van der Waals surface area (Å²) in [6.45, 7) is 2.08. The molecule has 1 heterocycles. The summed E-state index contributed by atoms with van der Waals surface area (Å²) in [5.41, 5.74) is -0.659. The normalized spacial score (nSPS) is 22.5. The summed E-state index contributed by atoms with van der Waals surface area (Å²) in [6, 6.07) is 0.125. The van der Waals surface area contributed by atoms with E-state index in [-0.39, 0.29) is 25.2 Å². The summed E-state index contributed by atoms with van der Waals surface area (Å²) in [5.74, 6) is 0.0755. The Kier molecular flexibility index (Phi) is 3.86. The van der Waals surface area contributed by atoms with E-state index in [0.29, 0.717) is 13.0 Å². The SMILES string of the molecule is CC(CO)(CO)NCC1CCC(=O)N1. The van der Waals surface area contributed by atoms with E-state index in [0.717, 1.165) is 6.42 Å². The molecular weight excluding hydrogens is 184 g/mol. The Morgan fingerprint density at radius 2 is 2.21 bits per heavy atom. The maximum Gasteiger partial charge on any atom is 0.220 e. The van der Waals surface area contributed by atoms with E-state index in [1.54, 1.807) is 6.92 Å². The van der Waals surface area contributed by atoms with E-state index in [1.165, 1.54) is 0 Å². The van der Waals surface area contributed by atoms with E-state index in [2.05, 4.69) is 10.6 Å². The minimum Gasteiger partial charge on any atom is -0.394 e. The molecule has 0 bridgehead atoms. The molecule has 4 N–H and O–H groups in total. The van der Waals surface area contributed by atoms with Crippen molar-refractivity contribution < 1.29 is 15.0 Å². The third kappa shape index (κ3) is 2.94. The molecule has 1 aliphatic rings. The van der Waals surface area contributed by atoms with Crippen molar-refractivity contribution in [2.45, 2.75) is 31.3 Å². The van der Waals surface area contributed by atoms with Gasteiger partial charge in [0.1, 0.15) is 0 Å². The molecule has 1 saturated heterocycles. The van der Waals surface area contributed by atoms with Crippen LogP contribution in [0.5, 0.6) is 0 Å². The molecule has 1 atom stereocenters. The van der Waals surface area contributed by atoms with Crippen LogP contribution in [0.15, 0.2) is 0 Å². The molecule has 0 aromatic heterocycles. The number of carbonyl (C=O) groups is 1. The summed E-state index contributed by atoms with van der Waals surface area (Å²) in [6.07, 6.45) is 1.39. The van der Waals surface area contributed by atoms with Gasteiger partial charge in [0.2, 0.25) is 5.91 Å². The summed E-state index contributed by atoms with van der Waals surface area (Å²) in [7, 11) is 0. The van der Waals surface area contributed by atoms with Crippen LogP contribution in [0.25, 0.3) is 0 Å². The first-order valence-electron chi connectivity index (χ1n) is 4.86. The van der Waals surface area contributed by atoms with Crippen molar-refractivity contribution in [2.24, 2.45) is 0 Å². The Bertz CT molecular complexity index is 204. The van der Waals surface area contributed by atoms with Crippen molar-refractivity contribution in [3.8, 4) is 0 Å². The second kappa shape index (κ2) is 4.72. The maximum absolute atomic E-state index is 10.9. The summed E-state index contributed by atoms with van der Waals surface area (Å²) in [5, 5.41) is 23.9. The van der Waals surface area contributed by atoms with Crippen LogP contribution in [0.4, 0.5) is 0 Å². The summed E-state index contributed by atoms with van der Waals surface area (Å²) >= 11 is 0. The first kappa shape index (κ1) is 11.4. The van der Waals surface area contributed by atoms with Gasteiger partial charge in [0.05, 0.1) is 18.8 Å². The second-order valence-electron chi connectivity index (χ2n) is 4.06. The molecule has 0 aromatic carbocycles. The minimum atomic E-state index is -0.659. The lowest BCUT2D eigenvalue weighted by Gasteiger charge is -2.27. The Hall–Kier alpha value is -0.650. The molecule has 1 aliphatic heterocycles. The zero-order valence-corrected chi connectivity index (χ0v) is 8.42. The maximum atomic E-state index is 10.9. The summed E-state index contributed by atoms with van der Waals surface area (Å²) < 4.78 is 0. The smallest absolute Gasteiger partial charge is 0.220 e. The average molecular weight is 202 g/mol. The third-order valence-electron chi connectivity index (χ3n) is 2.56. The monoisotopic (exact) mass is 202 g/mol. The number of rotatable bonds is 5. The molecule has 5 heteroatoms. The number of carbonyl (C=O) groups excluding carboxylic acids is 1. The van der Waals surface area contributed by atoms with Gasteiger partial charge in [0.15, 0.2) is 0 Å². The summed E-state index contributed by atoms with van der Waals surface area (Å²) in [4.78, 5) is 10.9. The van der Waals surface area contributed by atoms with Crippen LogP contribution in [0.3, 0.4) is 0 Å². The van der Waals surface area contributed by atoms with Gasteiger partial charge in [0, 0.05) is 19.0 Å². The predicted octanol–water partition coefficient (Wildman–Crippen LogP) is -1.40. The number of amides is 1. The highest BCUT2D eigenvalue weighted by Crippen LogP contribution is 2.07. The van der Waals surface area contributed by atoms with Gasteiger partial charge in [-0.3, -0.25) is 4.79 Å². The topological polar surface area (TPSA) is 81.6 Å². The molecule has 82 valence electrons. The molecule has 1 unspecified atom stereocenters. The molecule has 14 heavy (non-hydrogen) atoms. The zero-order chi connectivity index (χ0) is 10.6. The number of hydrogen-bond donors (Lipinski definition) is 4. The number of nitrogens with one attached hydrogen (secondary N) is 2. The molecule has 0 aliphatic carbocycles. The fraction of sp³-hybridized carbons (Fsp3) is 0.889. The van der Waals surface area contributed by atoms with E-state index in [9.17, 15) is 4.79 Å². The molecular formula is C9H18N2O3. The molecule has 0 saturated carbocycles. The van der Waals surface area contributed by atoms with E-state index in [4.69, 9.17) is 10.2 Å². The van der Waals surface area contributed by atoms with Crippen molar-refractivity contribution >= 4 is 5.91 Å². The molecule has 0 spiro atoms. The Morgan fingerprint density at radius 3 is 2.64 bits per heavy atom. The first-order valence-corrected chi connectivity index (χ1v) is 4.86. The Balaban J connectivity index is 2.29. The number of aliphatic hydroxyl groups excluding tert-OH is 2. The van der Waals surface area contributed by atoms with Gasteiger partial charge in [-0.05, 0) is 13.3 Å². The highest BCUT2D eigenvalue weighted by atomic mass is 16.3. The van der Waals surface area contributed by atoms with Gasteiger partial charge >= 0.3 is 0 Å². The molecule has 1 fully saturated rings. The van der Waals surface area contributed by atoms with Gasteiger partial charge in [-0.1, -0.05) is 0 Å². The highest BCUT2D eigenvalue weighted by molar-refractivity contribution is 5.78. The van der Waals surface area contributed by atoms with Gasteiger partial charge in [-0.2, -0.15) is 0 Å². The van der Waals surface area contributed by atoms with Crippen LogP contribution in [-0.2, 0) is 4.79 Å². The van der Waals surface area contributed by atoms with Gasteiger partial charge in [0.25, 0.3) is 0 Å². The van der Waals surface area contributed by atoms with Gasteiger partial charge in [-0.15, -0.1) is 0 Å². The van der Waals surface area contributed by atoms with Crippen LogP contribution in [-0.4, -0.2) is 47.5 Å². The quantitative estimate of drug-likeness (QED) is 0.442. The zero-order valence-electron chi connectivity index (χ0n) is 8.42. The molecule has 0 aromatic rings. The van der Waals surface area contributed by atoms with E-state index in [1.807, 2.05) is 0 Å². The predicted molar refractivity (Wildman–Crippen MR) is 51.7 cm³/mol. The van der Waals surface area contributed by atoms with E-state index < -0.39 is 5.54 Å². The molecule has 1 amide bonds. The third-order valence-corrected chi connectivity index (χ3v) is 2.56. The van der Waals surface area contributed by atoms with E-state index >= 15 is 0 Å². The fourth-order valence-corrected chi connectivity index (χ4v) is 1.36. The van der Waals surface area contributed by atoms with Crippen molar-refractivity contribution in [2.75, 3.05) is 19.8 Å². The van der Waals surface area contributed by atoms with Crippen molar-refractivity contribution in [1.29, 1.82) is 0 Å². The number of aliphatic hydroxyl groups is 2. The molecule has 1 rings (SSSR count). The number of hydrogen-bond acceptors (Lipinski definition) is 4. The second-order valence-corrected chi connectivity index (χ2v) is 4.06. The minimum absolute atomic E-state index is 0.0755. The lowest BCUT2D eigenvalue weighted by molar-refractivity contribution is -0.119. The molecule has 0 radical (unpaired) electrons. The van der Waals surface area contributed by atoms with Crippen molar-refractivity contribution in [3.05, 3.63) is 0 Å². The largest absolute Gasteiger partial charge is 0.394 e. The standard InChI is InChI=1S/C9H18N2O3/c1-9(5-12,6-13)10-4-7-2-3-8(14)11-7/h7,10,12-13H,2-6H2,1H3,(H,11,14). The van der Waals surface area contributed by atoms with Crippen LogP contribution < -0.4 is 10.6 Å². The Labute approximate surface area is 83.5 Å². The van der Waals surface area contributed by atoms with Crippen LogP contribution >= 0.6 is 0 Å². The highest BCUT2D eigenvalue weighted by Gasteiger charge is 2.26. The lowest BCUT2D eigenvalue weighted by atomic mass is 10.0. The molecule has 5 nitrogen and oxygen atoms in total. The van der Waals surface area contributed by atoms with Crippen LogP contribution in [0, 0.1) is 0 Å². The van der Waals surface area contributed by atoms with Crippen LogP contribution in [0.1, 0.15) is 19.8 Å². The van der Waals surface area contributed by atoms with Crippen molar-refractivity contribution in [1.82, 2.24) is 10.6 Å². The lowest BCUT2D eigenvalue weighted by Crippen LogP contribution is -2.52. The Morgan fingerprint density at radius 1 is 1.57 bits per heavy atom. The average Bonchev–Trinajstić information content (AvgIpc) is 2.61. The van der Waals surface area contributed by atoms with Crippen molar-refractivity contribution in [3.63, 3.8) is 0 Å². The van der Waals surface area contributed by atoms with Gasteiger partial charge in [-0.25, -0.2) is 0 Å². The van der Waals surface area contributed by atoms with Gasteiger partial charge < -0.3 is 20.8 Å². The first-order chi connectivity index (χ1) is 6.59. The fourth-order valence-electron chi connectivity index (χ4n) is 1.36.